The molecule has 0 radical (unpaired) electrons. The average Bonchev–Trinajstić information content (AvgIpc) is 3.12. The van der Waals surface area contributed by atoms with E-state index in [1.807, 2.05) is 38.1 Å². The minimum absolute atomic E-state index is 0.300. The molecule has 6 heteroatoms. The molecule has 30 heavy (non-hydrogen) atoms. The zero-order valence-corrected chi connectivity index (χ0v) is 17.8. The van der Waals surface area contributed by atoms with Gasteiger partial charge in [0, 0.05) is 40.3 Å². The molecule has 0 aliphatic carbocycles. The van der Waals surface area contributed by atoms with E-state index in [1.165, 1.54) is 0 Å². The van der Waals surface area contributed by atoms with Crippen molar-refractivity contribution < 1.29 is 14.3 Å². The normalized spacial score (nSPS) is 14.7. The first kappa shape index (κ1) is 19.2. The first-order valence-corrected chi connectivity index (χ1v) is 10.6. The van der Waals surface area contributed by atoms with E-state index in [0.717, 1.165) is 51.7 Å². The van der Waals surface area contributed by atoms with E-state index in [-0.39, 0.29) is 5.97 Å². The number of benzene rings is 2. The van der Waals surface area contributed by atoms with Crippen LogP contribution in [0.2, 0.25) is 5.02 Å². The lowest BCUT2D eigenvalue weighted by atomic mass is 10.0. The quantitative estimate of drug-likeness (QED) is 0.335. The number of esters is 1. The predicted octanol–water partition coefficient (Wildman–Crippen LogP) is 5.22. The van der Waals surface area contributed by atoms with E-state index in [2.05, 4.69) is 27.5 Å². The van der Waals surface area contributed by atoms with Gasteiger partial charge in [-0.1, -0.05) is 35.9 Å². The summed E-state index contributed by atoms with van der Waals surface area (Å²) in [7, 11) is 0. The Bertz CT molecular complexity index is 1290. The third-order valence-corrected chi connectivity index (χ3v) is 6.09. The molecule has 5 rings (SSSR count). The molecule has 0 spiro atoms. The molecule has 0 amide bonds. The van der Waals surface area contributed by atoms with Gasteiger partial charge in [0.1, 0.15) is 0 Å². The number of nitrogens with zero attached hydrogens (tertiary/aromatic N) is 2. The Morgan fingerprint density at radius 1 is 1.10 bits per heavy atom. The summed E-state index contributed by atoms with van der Waals surface area (Å²) in [5.41, 5.74) is 4.51. The van der Waals surface area contributed by atoms with Gasteiger partial charge < -0.3 is 18.8 Å². The summed E-state index contributed by atoms with van der Waals surface area (Å²) in [5.74, 6) is -0.300. The van der Waals surface area contributed by atoms with Crippen LogP contribution in [-0.2, 0) is 9.47 Å². The van der Waals surface area contributed by atoms with Crippen LogP contribution in [-0.4, -0.2) is 43.3 Å². The Kier molecular flexibility index (Phi) is 4.80. The van der Waals surface area contributed by atoms with Crippen LogP contribution in [0.4, 0.5) is 5.69 Å². The summed E-state index contributed by atoms with van der Waals surface area (Å²) < 4.78 is 13.0. The lowest BCUT2D eigenvalue weighted by Crippen LogP contribution is -2.36. The highest BCUT2D eigenvalue weighted by Crippen LogP contribution is 2.40. The van der Waals surface area contributed by atoms with Crippen LogP contribution in [0, 0.1) is 6.92 Å². The van der Waals surface area contributed by atoms with Crippen molar-refractivity contribution in [3.63, 3.8) is 0 Å². The van der Waals surface area contributed by atoms with Crippen molar-refractivity contribution in [3.8, 4) is 0 Å². The van der Waals surface area contributed by atoms with Crippen molar-refractivity contribution in [3.05, 3.63) is 58.7 Å². The van der Waals surface area contributed by atoms with Gasteiger partial charge in [0.2, 0.25) is 0 Å². The molecule has 0 atom stereocenters. The number of carbonyl (C=O) groups excluding carboxylic acids is 1. The number of rotatable bonds is 3. The Morgan fingerprint density at radius 2 is 1.83 bits per heavy atom. The number of halogens is 1. The molecule has 3 heterocycles. The van der Waals surface area contributed by atoms with Crippen molar-refractivity contribution in [1.29, 1.82) is 0 Å². The summed E-state index contributed by atoms with van der Waals surface area (Å²) in [6, 6.07) is 14.3. The second kappa shape index (κ2) is 7.49. The molecule has 5 nitrogen and oxygen atoms in total. The van der Waals surface area contributed by atoms with Gasteiger partial charge >= 0.3 is 5.97 Å². The lowest BCUT2D eigenvalue weighted by Gasteiger charge is -2.30. The summed E-state index contributed by atoms with van der Waals surface area (Å²) in [6.45, 7) is 7.17. The van der Waals surface area contributed by atoms with Gasteiger partial charge in [-0.15, -0.1) is 0 Å². The van der Waals surface area contributed by atoms with Crippen molar-refractivity contribution in [2.45, 2.75) is 13.8 Å². The third kappa shape index (κ3) is 2.92. The highest BCUT2D eigenvalue weighted by molar-refractivity contribution is 6.32. The first-order chi connectivity index (χ1) is 14.6. The fourth-order valence-corrected chi connectivity index (χ4v) is 4.75. The smallest absolute Gasteiger partial charge is 0.339 e. The molecule has 1 saturated heterocycles. The molecule has 2 aromatic heterocycles. The zero-order valence-electron chi connectivity index (χ0n) is 17.1. The van der Waals surface area contributed by atoms with Gasteiger partial charge in [-0.25, -0.2) is 4.79 Å². The van der Waals surface area contributed by atoms with Crippen LogP contribution in [0.25, 0.3) is 27.2 Å². The van der Waals surface area contributed by atoms with E-state index in [9.17, 15) is 4.79 Å². The van der Waals surface area contributed by atoms with E-state index >= 15 is 0 Å². The minimum atomic E-state index is -0.300. The van der Waals surface area contributed by atoms with Crippen molar-refractivity contribution >= 4 is 50.4 Å². The van der Waals surface area contributed by atoms with Crippen molar-refractivity contribution in [2.24, 2.45) is 0 Å². The summed E-state index contributed by atoms with van der Waals surface area (Å²) in [5, 5.41) is 4.05. The van der Waals surface area contributed by atoms with E-state index < -0.39 is 0 Å². The molecule has 0 saturated carbocycles. The monoisotopic (exact) mass is 422 g/mol. The molecule has 0 N–H and O–H groups in total. The third-order valence-electron chi connectivity index (χ3n) is 5.87. The Hall–Kier alpha value is -2.76. The van der Waals surface area contributed by atoms with Crippen LogP contribution in [0.5, 0.6) is 0 Å². The van der Waals surface area contributed by atoms with E-state index in [4.69, 9.17) is 21.1 Å². The Labute approximate surface area is 179 Å². The minimum Gasteiger partial charge on any atom is -0.462 e. The molecule has 0 bridgehead atoms. The molecule has 1 aliphatic rings. The molecular weight excluding hydrogens is 400 g/mol. The lowest BCUT2D eigenvalue weighted by molar-refractivity contribution is 0.0525. The molecule has 1 aliphatic heterocycles. The van der Waals surface area contributed by atoms with Gasteiger partial charge in [0.05, 0.1) is 36.4 Å². The molecule has 0 unspecified atom stereocenters. The Morgan fingerprint density at radius 3 is 2.57 bits per heavy atom. The molecule has 154 valence electrons. The van der Waals surface area contributed by atoms with Crippen molar-refractivity contribution in [1.82, 2.24) is 4.40 Å². The number of pyridine rings is 1. The van der Waals surface area contributed by atoms with Gasteiger partial charge in [0.25, 0.3) is 0 Å². The summed E-state index contributed by atoms with van der Waals surface area (Å²) in [4.78, 5) is 14.9. The second-order valence-electron chi connectivity index (χ2n) is 7.55. The van der Waals surface area contributed by atoms with Crippen LogP contribution >= 0.6 is 11.6 Å². The van der Waals surface area contributed by atoms with Crippen LogP contribution < -0.4 is 4.90 Å². The van der Waals surface area contributed by atoms with Gasteiger partial charge in [-0.05, 0) is 37.4 Å². The van der Waals surface area contributed by atoms with Gasteiger partial charge in [-0.3, -0.25) is 0 Å². The topological polar surface area (TPSA) is 43.2 Å². The average molecular weight is 423 g/mol. The molecule has 1 fully saturated rings. The standard InChI is InChI=1S/C24H23ClN2O3/c1-3-30-24(28)19-14-20-17-6-4-5-7-18(17)23-21(26-8-10-29-11-9-26)12-16(25)13-22(23)27(20)15(19)2/h4-7,12-14H,3,8-11H2,1-2H3. The van der Waals surface area contributed by atoms with Crippen LogP contribution in [0.1, 0.15) is 23.0 Å². The first-order valence-electron chi connectivity index (χ1n) is 10.3. The molecule has 2 aromatic carbocycles. The summed E-state index contributed by atoms with van der Waals surface area (Å²) >= 11 is 6.60. The zero-order chi connectivity index (χ0) is 20.8. The number of carbonyl (C=O) groups is 1. The van der Waals surface area contributed by atoms with Crippen molar-refractivity contribution in [2.75, 3.05) is 37.8 Å². The Balaban J connectivity index is 1.93. The predicted molar refractivity (Wildman–Crippen MR) is 121 cm³/mol. The number of aryl methyl sites for hydroxylation is 1. The highest BCUT2D eigenvalue weighted by Gasteiger charge is 2.22. The van der Waals surface area contributed by atoms with Crippen LogP contribution in [0.3, 0.4) is 0 Å². The number of hydrogen-bond acceptors (Lipinski definition) is 4. The van der Waals surface area contributed by atoms with E-state index in [0.29, 0.717) is 30.4 Å². The number of aromatic nitrogens is 1. The number of morpholine rings is 1. The molecule has 4 aromatic rings. The highest BCUT2D eigenvalue weighted by atomic mass is 35.5. The largest absolute Gasteiger partial charge is 0.462 e. The number of anilines is 1. The van der Waals surface area contributed by atoms with Gasteiger partial charge in [0.15, 0.2) is 0 Å². The van der Waals surface area contributed by atoms with Crippen LogP contribution in [0.15, 0.2) is 42.5 Å². The second-order valence-corrected chi connectivity index (χ2v) is 7.99. The number of fused-ring (bicyclic) bond motifs is 6. The SMILES string of the molecule is CCOC(=O)c1cc2c3ccccc3c3c(N4CCOCC4)cc(Cl)cc3n2c1C. The maximum absolute atomic E-state index is 12.6. The van der Waals surface area contributed by atoms with E-state index in [1.54, 1.807) is 0 Å². The number of hydrogen-bond donors (Lipinski definition) is 0. The van der Waals surface area contributed by atoms with Gasteiger partial charge in [-0.2, -0.15) is 0 Å². The fourth-order valence-electron chi connectivity index (χ4n) is 4.54. The summed E-state index contributed by atoms with van der Waals surface area (Å²) in [6.07, 6.45) is 0. The molecular formula is C24H23ClN2O3. The fraction of sp³-hybridized carbons (Fsp3) is 0.292. The maximum atomic E-state index is 12.6. The number of ether oxygens (including phenoxy) is 2. The maximum Gasteiger partial charge on any atom is 0.339 e.